The summed E-state index contributed by atoms with van der Waals surface area (Å²) in [5, 5.41) is 16.2. The Labute approximate surface area is 111 Å². The van der Waals surface area contributed by atoms with Gasteiger partial charge in [-0.2, -0.15) is 5.10 Å². The van der Waals surface area contributed by atoms with Crippen LogP contribution >= 0.6 is 0 Å². The molecule has 1 heterocycles. The van der Waals surface area contributed by atoms with Crippen molar-refractivity contribution < 1.29 is 9.90 Å². The first-order valence-corrected chi connectivity index (χ1v) is 6.24. The molecule has 0 fully saturated rings. The largest absolute Gasteiger partial charge is 0.481 e. The number of para-hydroxylation sites is 2. The van der Waals surface area contributed by atoms with Crippen molar-refractivity contribution in [3.05, 3.63) is 42.7 Å². The van der Waals surface area contributed by atoms with Crippen LogP contribution in [0.15, 0.2) is 42.7 Å². The normalized spacial score (nSPS) is 12.1. The summed E-state index contributed by atoms with van der Waals surface area (Å²) in [6.07, 6.45) is 4.36. The quantitative estimate of drug-likeness (QED) is 0.836. The Morgan fingerprint density at radius 1 is 1.42 bits per heavy atom. The van der Waals surface area contributed by atoms with E-state index in [0.717, 1.165) is 11.4 Å². The summed E-state index contributed by atoms with van der Waals surface area (Å²) in [6, 6.07) is 9.79. The molecule has 0 spiro atoms. The third-order valence-corrected chi connectivity index (χ3v) is 2.85. The zero-order valence-corrected chi connectivity index (χ0v) is 10.8. The fraction of sp³-hybridized carbons (Fsp3) is 0.286. The summed E-state index contributed by atoms with van der Waals surface area (Å²) in [5.41, 5.74) is 1.90. The van der Waals surface area contributed by atoms with Crippen LogP contribution in [0.1, 0.15) is 19.8 Å². The Morgan fingerprint density at radius 3 is 2.89 bits per heavy atom. The van der Waals surface area contributed by atoms with Crippen molar-refractivity contribution in [2.45, 2.75) is 25.8 Å². The number of benzene rings is 1. The zero-order chi connectivity index (χ0) is 13.7. The first-order valence-electron chi connectivity index (χ1n) is 6.24. The minimum absolute atomic E-state index is 0.0906. The summed E-state index contributed by atoms with van der Waals surface area (Å²) in [5.74, 6) is -0.769. The number of hydrogen-bond acceptors (Lipinski definition) is 3. The van der Waals surface area contributed by atoms with Crippen LogP contribution in [0.4, 0.5) is 5.69 Å². The lowest BCUT2D eigenvalue weighted by molar-refractivity contribution is -0.137. The molecule has 1 unspecified atom stereocenters. The molecule has 2 N–H and O–H groups in total. The molecule has 0 radical (unpaired) electrons. The molecular formula is C14H17N3O2. The van der Waals surface area contributed by atoms with Gasteiger partial charge in [-0.1, -0.05) is 12.1 Å². The highest BCUT2D eigenvalue weighted by atomic mass is 16.4. The monoisotopic (exact) mass is 259 g/mol. The minimum atomic E-state index is -0.769. The maximum Gasteiger partial charge on any atom is 0.303 e. The average molecular weight is 259 g/mol. The van der Waals surface area contributed by atoms with E-state index in [1.165, 1.54) is 0 Å². The van der Waals surface area contributed by atoms with Crippen LogP contribution in [0.5, 0.6) is 0 Å². The highest BCUT2D eigenvalue weighted by Gasteiger charge is 2.09. The van der Waals surface area contributed by atoms with Gasteiger partial charge in [0.1, 0.15) is 0 Å². The molecule has 0 saturated carbocycles. The van der Waals surface area contributed by atoms with Crippen LogP contribution in [-0.2, 0) is 4.79 Å². The van der Waals surface area contributed by atoms with Gasteiger partial charge in [-0.05, 0) is 31.5 Å². The number of nitrogens with zero attached hydrogens (tertiary/aromatic N) is 2. The second-order valence-electron chi connectivity index (χ2n) is 4.45. The molecule has 0 aliphatic carbocycles. The molecule has 100 valence electrons. The number of carboxylic acid groups (broad SMARTS) is 1. The number of anilines is 1. The summed E-state index contributed by atoms with van der Waals surface area (Å²) in [4.78, 5) is 10.6. The second-order valence-corrected chi connectivity index (χ2v) is 4.45. The number of carbonyl (C=O) groups is 1. The molecule has 0 bridgehead atoms. The van der Waals surface area contributed by atoms with Gasteiger partial charge in [0, 0.05) is 24.9 Å². The van der Waals surface area contributed by atoms with E-state index in [9.17, 15) is 4.79 Å². The van der Waals surface area contributed by atoms with Crippen LogP contribution in [-0.4, -0.2) is 26.9 Å². The van der Waals surface area contributed by atoms with Crippen LogP contribution in [0, 0.1) is 0 Å². The fourth-order valence-corrected chi connectivity index (χ4v) is 1.88. The van der Waals surface area contributed by atoms with Crippen molar-refractivity contribution in [1.82, 2.24) is 9.78 Å². The fourth-order valence-electron chi connectivity index (χ4n) is 1.88. The topological polar surface area (TPSA) is 67.2 Å². The summed E-state index contributed by atoms with van der Waals surface area (Å²) >= 11 is 0. The molecule has 0 amide bonds. The summed E-state index contributed by atoms with van der Waals surface area (Å²) in [6.45, 7) is 1.98. The Hall–Kier alpha value is -2.30. The molecular weight excluding hydrogens is 242 g/mol. The van der Waals surface area contributed by atoms with E-state index in [4.69, 9.17) is 5.11 Å². The van der Waals surface area contributed by atoms with Crippen LogP contribution in [0.2, 0.25) is 0 Å². The molecule has 1 atom stereocenters. The summed E-state index contributed by atoms with van der Waals surface area (Å²) in [7, 11) is 0. The lowest BCUT2D eigenvalue weighted by Crippen LogP contribution is -2.18. The molecule has 1 aromatic carbocycles. The molecule has 0 aliphatic heterocycles. The van der Waals surface area contributed by atoms with E-state index in [2.05, 4.69) is 10.4 Å². The maximum absolute atomic E-state index is 10.6. The van der Waals surface area contributed by atoms with E-state index in [1.54, 1.807) is 10.9 Å². The number of hydrogen-bond donors (Lipinski definition) is 2. The van der Waals surface area contributed by atoms with Crippen molar-refractivity contribution in [3.63, 3.8) is 0 Å². The summed E-state index contributed by atoms with van der Waals surface area (Å²) < 4.78 is 1.78. The van der Waals surface area contributed by atoms with Gasteiger partial charge in [0.05, 0.1) is 11.4 Å². The lowest BCUT2D eigenvalue weighted by atomic mass is 10.1. The molecule has 0 aliphatic rings. The van der Waals surface area contributed by atoms with Crippen LogP contribution < -0.4 is 5.32 Å². The number of aliphatic carboxylic acids is 1. The Morgan fingerprint density at radius 2 is 2.21 bits per heavy atom. The number of nitrogens with one attached hydrogen (secondary N) is 1. The first kappa shape index (κ1) is 13.1. The highest BCUT2D eigenvalue weighted by molar-refractivity contribution is 5.67. The van der Waals surface area contributed by atoms with E-state index >= 15 is 0 Å². The Bertz CT molecular complexity index is 537. The number of carboxylic acids is 1. The van der Waals surface area contributed by atoms with Gasteiger partial charge < -0.3 is 10.4 Å². The van der Waals surface area contributed by atoms with Gasteiger partial charge >= 0.3 is 5.97 Å². The molecule has 0 saturated heterocycles. The van der Waals surface area contributed by atoms with E-state index in [0.29, 0.717) is 6.42 Å². The standard InChI is InChI=1S/C14H17N3O2/c1-11(7-8-14(18)19)16-12-5-2-3-6-13(12)17-10-4-9-15-17/h2-6,9-11,16H,7-8H2,1H3,(H,18,19). The molecule has 5 heteroatoms. The van der Waals surface area contributed by atoms with Crippen molar-refractivity contribution in [2.75, 3.05) is 5.32 Å². The van der Waals surface area contributed by atoms with Crippen LogP contribution in [0.25, 0.3) is 5.69 Å². The van der Waals surface area contributed by atoms with Crippen molar-refractivity contribution in [1.29, 1.82) is 0 Å². The Kier molecular flexibility index (Phi) is 4.18. The van der Waals surface area contributed by atoms with Gasteiger partial charge in [0.25, 0.3) is 0 Å². The minimum Gasteiger partial charge on any atom is -0.481 e. The molecule has 2 aromatic rings. The molecule has 19 heavy (non-hydrogen) atoms. The lowest BCUT2D eigenvalue weighted by Gasteiger charge is -2.17. The SMILES string of the molecule is CC(CCC(=O)O)Nc1ccccc1-n1cccn1. The van der Waals surface area contributed by atoms with Crippen molar-refractivity contribution in [2.24, 2.45) is 0 Å². The van der Waals surface area contributed by atoms with Crippen molar-refractivity contribution >= 4 is 11.7 Å². The van der Waals surface area contributed by atoms with E-state index < -0.39 is 5.97 Å². The molecule has 2 rings (SSSR count). The van der Waals surface area contributed by atoms with E-state index in [-0.39, 0.29) is 12.5 Å². The van der Waals surface area contributed by atoms with Crippen molar-refractivity contribution in [3.8, 4) is 5.69 Å². The third kappa shape index (κ3) is 3.58. The predicted molar refractivity (Wildman–Crippen MR) is 73.5 cm³/mol. The molecule has 1 aromatic heterocycles. The maximum atomic E-state index is 10.6. The Balaban J connectivity index is 2.10. The average Bonchev–Trinajstić information content (AvgIpc) is 2.91. The second kappa shape index (κ2) is 6.04. The first-order chi connectivity index (χ1) is 9.16. The van der Waals surface area contributed by atoms with Gasteiger partial charge in [-0.25, -0.2) is 4.68 Å². The predicted octanol–water partition coefficient (Wildman–Crippen LogP) is 2.54. The van der Waals surface area contributed by atoms with E-state index in [1.807, 2.05) is 43.5 Å². The van der Waals surface area contributed by atoms with Gasteiger partial charge in [-0.3, -0.25) is 4.79 Å². The zero-order valence-electron chi connectivity index (χ0n) is 10.8. The molecule has 5 nitrogen and oxygen atoms in total. The van der Waals surface area contributed by atoms with Gasteiger partial charge in [0.15, 0.2) is 0 Å². The van der Waals surface area contributed by atoms with Gasteiger partial charge in [-0.15, -0.1) is 0 Å². The number of aromatic nitrogens is 2. The number of rotatable bonds is 6. The third-order valence-electron chi connectivity index (χ3n) is 2.85. The highest BCUT2D eigenvalue weighted by Crippen LogP contribution is 2.20. The van der Waals surface area contributed by atoms with Crippen LogP contribution in [0.3, 0.4) is 0 Å². The smallest absolute Gasteiger partial charge is 0.303 e. The van der Waals surface area contributed by atoms with Gasteiger partial charge in [0.2, 0.25) is 0 Å².